The van der Waals surface area contributed by atoms with Gasteiger partial charge in [-0.2, -0.15) is 0 Å². The van der Waals surface area contributed by atoms with Crippen LogP contribution in [0.25, 0.3) is 21.9 Å². The van der Waals surface area contributed by atoms with Gasteiger partial charge >= 0.3 is 0 Å². The number of hydrogen-bond acceptors (Lipinski definition) is 2. The average molecular weight is 411 g/mol. The molecule has 1 aromatic heterocycles. The molecule has 0 saturated heterocycles. The molecule has 3 nitrogen and oxygen atoms in total. The Kier molecular flexibility index (Phi) is 4.72. The van der Waals surface area contributed by atoms with Crippen LogP contribution in [0.3, 0.4) is 0 Å². The Balaban J connectivity index is 1.40. The van der Waals surface area contributed by atoms with Crippen LogP contribution in [-0.2, 0) is 19.5 Å². The zero-order valence-corrected chi connectivity index (χ0v) is 17.6. The van der Waals surface area contributed by atoms with Gasteiger partial charge in [0.2, 0.25) is 0 Å². The maximum atomic E-state index is 12.2. The smallest absolute Gasteiger partial charge is 0.255 e. The van der Waals surface area contributed by atoms with E-state index < -0.39 is 0 Å². The molecule has 0 radical (unpaired) electrons. The third-order valence-electron chi connectivity index (χ3n) is 5.94. The summed E-state index contributed by atoms with van der Waals surface area (Å²) in [6.45, 7) is 3.92. The van der Waals surface area contributed by atoms with Crippen molar-refractivity contribution < 1.29 is 0 Å². The van der Waals surface area contributed by atoms with Crippen LogP contribution < -0.4 is 5.56 Å². The maximum Gasteiger partial charge on any atom is 0.255 e. The zero-order valence-electron chi connectivity index (χ0n) is 16.8. The summed E-state index contributed by atoms with van der Waals surface area (Å²) in [4.78, 5) is 18.3. The topological polar surface area (TPSA) is 36.1 Å². The van der Waals surface area contributed by atoms with Crippen LogP contribution in [-0.4, -0.2) is 14.9 Å². The highest BCUT2D eigenvalue weighted by Crippen LogP contribution is 2.30. The van der Waals surface area contributed by atoms with Crippen LogP contribution in [0.2, 0.25) is 0 Å². The van der Waals surface area contributed by atoms with Gasteiger partial charge in [0.25, 0.3) is 5.56 Å². The van der Waals surface area contributed by atoms with Crippen molar-refractivity contribution in [2.24, 2.45) is 0 Å². The Bertz CT molecular complexity index is 1310. The molecule has 1 aliphatic heterocycles. The second kappa shape index (κ2) is 7.54. The Hall–Kier alpha value is -3.24. The summed E-state index contributed by atoms with van der Waals surface area (Å²) in [6, 6.07) is 22.8. The van der Waals surface area contributed by atoms with Crippen molar-refractivity contribution >= 4 is 28.0 Å². The second-order valence-electron chi connectivity index (χ2n) is 7.92. The number of fused-ring (bicyclic) bond motifs is 2. The first-order chi connectivity index (χ1) is 14.6. The highest BCUT2D eigenvalue weighted by molar-refractivity contribution is 7.80. The van der Waals surface area contributed by atoms with Crippen LogP contribution >= 0.6 is 12.2 Å². The molecule has 0 amide bonds. The molecular formula is C26H22N2OS. The summed E-state index contributed by atoms with van der Waals surface area (Å²) < 4.78 is 0. The number of aromatic nitrogens is 1. The van der Waals surface area contributed by atoms with Crippen molar-refractivity contribution in [3.05, 3.63) is 106 Å². The van der Waals surface area contributed by atoms with E-state index in [1.165, 1.54) is 22.3 Å². The van der Waals surface area contributed by atoms with E-state index >= 15 is 0 Å². The van der Waals surface area contributed by atoms with E-state index in [-0.39, 0.29) is 5.56 Å². The molecule has 3 aromatic carbocycles. The SMILES string of the molecule is Cc1cc(CC(=S)N2Cc3ccccc3C2)ccc1-c1c[nH]c(=O)c2ccccc12. The van der Waals surface area contributed by atoms with Crippen LogP contribution in [0.1, 0.15) is 22.3 Å². The molecule has 4 aromatic rings. The second-order valence-corrected chi connectivity index (χ2v) is 8.39. The average Bonchev–Trinajstić information content (AvgIpc) is 3.20. The van der Waals surface area contributed by atoms with Gasteiger partial charge in [0.1, 0.15) is 0 Å². The molecule has 1 N–H and O–H groups in total. The normalized spacial score (nSPS) is 12.9. The molecule has 30 heavy (non-hydrogen) atoms. The fraction of sp³-hybridized carbons (Fsp3) is 0.154. The Morgan fingerprint density at radius 1 is 0.933 bits per heavy atom. The van der Waals surface area contributed by atoms with Gasteiger partial charge in [-0.3, -0.25) is 4.79 Å². The molecule has 0 aliphatic carbocycles. The number of benzene rings is 3. The number of pyridine rings is 1. The quantitative estimate of drug-likeness (QED) is 0.460. The number of rotatable bonds is 3. The van der Waals surface area contributed by atoms with Crippen molar-refractivity contribution in [2.75, 3.05) is 0 Å². The Morgan fingerprint density at radius 2 is 1.60 bits per heavy atom. The van der Waals surface area contributed by atoms with E-state index in [9.17, 15) is 4.79 Å². The van der Waals surface area contributed by atoms with Gasteiger partial charge < -0.3 is 9.88 Å². The van der Waals surface area contributed by atoms with Gasteiger partial charge in [-0.05, 0) is 46.2 Å². The van der Waals surface area contributed by atoms with Crippen LogP contribution in [0.4, 0.5) is 0 Å². The van der Waals surface area contributed by atoms with Gasteiger partial charge in [0, 0.05) is 36.7 Å². The highest BCUT2D eigenvalue weighted by Gasteiger charge is 2.20. The van der Waals surface area contributed by atoms with E-state index in [4.69, 9.17) is 12.2 Å². The number of hydrogen-bond donors (Lipinski definition) is 1. The first-order valence-corrected chi connectivity index (χ1v) is 10.6. The first-order valence-electron chi connectivity index (χ1n) is 10.1. The molecule has 4 heteroatoms. The van der Waals surface area contributed by atoms with Crippen molar-refractivity contribution in [3.8, 4) is 11.1 Å². The minimum Gasteiger partial charge on any atom is -0.357 e. The lowest BCUT2D eigenvalue weighted by molar-refractivity contribution is 0.449. The monoisotopic (exact) mass is 410 g/mol. The Labute approximate surface area is 181 Å². The number of nitrogens with zero attached hydrogens (tertiary/aromatic N) is 1. The van der Waals surface area contributed by atoms with E-state index in [0.29, 0.717) is 5.39 Å². The molecule has 2 heterocycles. The minimum absolute atomic E-state index is 0.0550. The van der Waals surface area contributed by atoms with Crippen molar-refractivity contribution in [1.29, 1.82) is 0 Å². The third kappa shape index (κ3) is 3.33. The fourth-order valence-corrected chi connectivity index (χ4v) is 4.66. The third-order valence-corrected chi connectivity index (χ3v) is 6.34. The Morgan fingerprint density at radius 3 is 2.30 bits per heavy atom. The highest BCUT2D eigenvalue weighted by atomic mass is 32.1. The number of H-pyrrole nitrogens is 1. The molecule has 0 fully saturated rings. The lowest BCUT2D eigenvalue weighted by atomic mass is 9.95. The van der Waals surface area contributed by atoms with Gasteiger partial charge in [-0.15, -0.1) is 0 Å². The molecule has 0 saturated carbocycles. The van der Waals surface area contributed by atoms with E-state index in [0.717, 1.165) is 41.0 Å². The number of aryl methyl sites for hydroxylation is 1. The van der Waals surface area contributed by atoms with Crippen molar-refractivity contribution in [2.45, 2.75) is 26.4 Å². The molecule has 0 atom stereocenters. The van der Waals surface area contributed by atoms with Gasteiger partial charge in [-0.1, -0.05) is 72.9 Å². The van der Waals surface area contributed by atoms with Gasteiger partial charge in [0.15, 0.2) is 0 Å². The van der Waals surface area contributed by atoms with Crippen LogP contribution in [0.5, 0.6) is 0 Å². The number of thiocarbonyl (C=S) groups is 1. The molecule has 1 aliphatic rings. The lowest BCUT2D eigenvalue weighted by Gasteiger charge is -2.19. The van der Waals surface area contributed by atoms with Crippen molar-refractivity contribution in [3.63, 3.8) is 0 Å². The molecule has 5 rings (SSSR count). The summed E-state index contributed by atoms with van der Waals surface area (Å²) in [6.07, 6.45) is 2.58. The van der Waals surface area contributed by atoms with Gasteiger partial charge in [-0.25, -0.2) is 0 Å². The summed E-state index contributed by atoms with van der Waals surface area (Å²) in [7, 11) is 0. The molecule has 148 valence electrons. The predicted molar refractivity (Wildman–Crippen MR) is 127 cm³/mol. The summed E-state index contributed by atoms with van der Waals surface area (Å²) in [5.74, 6) is 0. The molecular weight excluding hydrogens is 388 g/mol. The van der Waals surface area contributed by atoms with Crippen molar-refractivity contribution in [1.82, 2.24) is 9.88 Å². The molecule has 0 bridgehead atoms. The molecule has 0 spiro atoms. The predicted octanol–water partition coefficient (Wildman–Crippen LogP) is 5.39. The largest absolute Gasteiger partial charge is 0.357 e. The number of aromatic amines is 1. The maximum absolute atomic E-state index is 12.2. The minimum atomic E-state index is -0.0550. The number of nitrogens with one attached hydrogen (secondary N) is 1. The molecule has 0 unspecified atom stereocenters. The van der Waals surface area contributed by atoms with E-state index in [2.05, 4.69) is 59.3 Å². The lowest BCUT2D eigenvalue weighted by Crippen LogP contribution is -2.25. The van der Waals surface area contributed by atoms with Gasteiger partial charge in [0.05, 0.1) is 4.99 Å². The standard InChI is InChI=1S/C26H22N2OS/c1-17-12-18(13-25(30)28-15-19-6-2-3-7-20(19)16-28)10-11-21(17)24-14-27-26(29)23-9-5-4-8-22(23)24/h2-12,14H,13,15-16H2,1H3,(H,27,29). The first kappa shape index (κ1) is 18.8. The fourth-order valence-electron chi connectivity index (χ4n) is 4.37. The van der Waals surface area contributed by atoms with Crippen LogP contribution in [0, 0.1) is 6.92 Å². The summed E-state index contributed by atoms with van der Waals surface area (Å²) in [5, 5.41) is 1.69. The zero-order chi connectivity index (χ0) is 20.7. The van der Waals surface area contributed by atoms with E-state index in [1.807, 2.05) is 30.5 Å². The van der Waals surface area contributed by atoms with Crippen LogP contribution in [0.15, 0.2) is 77.7 Å². The summed E-state index contributed by atoms with van der Waals surface area (Å²) >= 11 is 5.78. The summed E-state index contributed by atoms with van der Waals surface area (Å²) in [5.41, 5.74) is 7.26. The van der Waals surface area contributed by atoms with E-state index in [1.54, 1.807) is 0 Å².